The largest absolute Gasteiger partial charge is 0.333 e. The summed E-state index contributed by atoms with van der Waals surface area (Å²) in [5.41, 5.74) is 0. The SMILES string of the molecule is CS(=O)(=O)O.O=S(=O)(O)NC1CCCCC1. The van der Waals surface area contributed by atoms with Gasteiger partial charge in [-0.25, -0.2) is 0 Å². The van der Waals surface area contributed by atoms with Gasteiger partial charge < -0.3 is 0 Å². The average molecular weight is 275 g/mol. The zero-order valence-electron chi connectivity index (χ0n) is 8.96. The molecule has 0 atom stereocenters. The minimum Gasteiger partial charge on any atom is -0.286 e. The standard InChI is InChI=1S/C6H13NO3S.CH4O3S/c8-11(9,10)7-6-4-2-1-3-5-6;1-5(2,3)4/h6-7H,1-5H2,(H,8,9,10);1H3,(H,2,3,4). The van der Waals surface area contributed by atoms with Crippen LogP contribution in [0.15, 0.2) is 0 Å². The Labute approximate surface area is 95.9 Å². The molecule has 1 rings (SSSR count). The van der Waals surface area contributed by atoms with Gasteiger partial charge in [-0.1, -0.05) is 19.3 Å². The Hall–Kier alpha value is -0.220. The molecule has 9 heteroatoms. The van der Waals surface area contributed by atoms with E-state index in [1.54, 1.807) is 0 Å². The van der Waals surface area contributed by atoms with Crippen LogP contribution in [0, 0.1) is 0 Å². The molecular weight excluding hydrogens is 258 g/mol. The summed E-state index contributed by atoms with van der Waals surface area (Å²) in [6, 6.07) is -0.0428. The van der Waals surface area contributed by atoms with Crippen molar-refractivity contribution in [2.75, 3.05) is 6.26 Å². The molecule has 16 heavy (non-hydrogen) atoms. The fourth-order valence-corrected chi connectivity index (χ4v) is 2.09. The Morgan fingerprint density at radius 1 is 1.00 bits per heavy atom. The maximum absolute atomic E-state index is 10.3. The van der Waals surface area contributed by atoms with Crippen LogP contribution in [0.1, 0.15) is 32.1 Å². The van der Waals surface area contributed by atoms with Crippen LogP contribution in [0.3, 0.4) is 0 Å². The van der Waals surface area contributed by atoms with Gasteiger partial charge in [-0.3, -0.25) is 9.11 Å². The molecule has 0 radical (unpaired) electrons. The van der Waals surface area contributed by atoms with E-state index in [4.69, 9.17) is 9.11 Å². The quantitative estimate of drug-likeness (QED) is 0.620. The third kappa shape index (κ3) is 13.8. The molecule has 0 spiro atoms. The molecule has 0 heterocycles. The van der Waals surface area contributed by atoms with Crippen molar-refractivity contribution in [1.82, 2.24) is 4.72 Å². The van der Waals surface area contributed by atoms with E-state index in [0.717, 1.165) is 25.7 Å². The third-order valence-corrected chi connectivity index (χ3v) is 2.55. The summed E-state index contributed by atoms with van der Waals surface area (Å²) in [6.07, 6.45) is 5.68. The van der Waals surface area contributed by atoms with Crippen LogP contribution in [0.4, 0.5) is 0 Å². The Kier molecular flexibility index (Phi) is 6.41. The normalized spacial score (nSPS) is 18.7. The molecule has 7 nitrogen and oxygen atoms in total. The first kappa shape index (κ1) is 15.8. The predicted molar refractivity (Wildman–Crippen MR) is 59.0 cm³/mol. The molecule has 1 saturated carbocycles. The van der Waals surface area contributed by atoms with Crippen molar-refractivity contribution in [1.29, 1.82) is 0 Å². The minimum absolute atomic E-state index is 0.0428. The second kappa shape index (κ2) is 6.50. The zero-order chi connectivity index (χ0) is 12.8. The van der Waals surface area contributed by atoms with Crippen LogP contribution in [0.25, 0.3) is 0 Å². The Morgan fingerprint density at radius 2 is 1.38 bits per heavy atom. The van der Waals surface area contributed by atoms with Gasteiger partial charge in [0.1, 0.15) is 0 Å². The highest BCUT2D eigenvalue weighted by Gasteiger charge is 2.17. The summed E-state index contributed by atoms with van der Waals surface area (Å²) in [7, 11) is -7.64. The van der Waals surface area contributed by atoms with Gasteiger partial charge in [0.2, 0.25) is 0 Å². The van der Waals surface area contributed by atoms with Crippen LogP contribution < -0.4 is 4.72 Å². The van der Waals surface area contributed by atoms with Crippen LogP contribution in [0.5, 0.6) is 0 Å². The van der Waals surface area contributed by atoms with Crippen molar-refractivity contribution in [3.63, 3.8) is 0 Å². The fourth-order valence-electron chi connectivity index (χ4n) is 1.43. The van der Waals surface area contributed by atoms with Crippen LogP contribution >= 0.6 is 0 Å². The molecule has 0 unspecified atom stereocenters. The average Bonchev–Trinajstić information content (AvgIpc) is 1.99. The summed E-state index contributed by atoms with van der Waals surface area (Å²) in [5.74, 6) is 0. The Morgan fingerprint density at radius 3 is 1.69 bits per heavy atom. The van der Waals surface area contributed by atoms with E-state index < -0.39 is 20.4 Å². The summed E-state index contributed by atoms with van der Waals surface area (Å²) in [5, 5.41) is 0. The fraction of sp³-hybridized carbons (Fsp3) is 1.00. The van der Waals surface area contributed by atoms with Crippen molar-refractivity contribution in [2.24, 2.45) is 0 Å². The van der Waals surface area contributed by atoms with Gasteiger partial charge in [0.05, 0.1) is 6.26 Å². The molecule has 1 aliphatic carbocycles. The van der Waals surface area contributed by atoms with Gasteiger partial charge in [-0.15, -0.1) is 0 Å². The van der Waals surface area contributed by atoms with Gasteiger partial charge in [0.15, 0.2) is 0 Å². The maximum Gasteiger partial charge on any atom is 0.333 e. The number of rotatable bonds is 2. The van der Waals surface area contributed by atoms with Gasteiger partial charge >= 0.3 is 10.3 Å². The topological polar surface area (TPSA) is 121 Å². The first-order chi connectivity index (χ1) is 7.08. The lowest BCUT2D eigenvalue weighted by atomic mass is 9.96. The van der Waals surface area contributed by atoms with Crippen molar-refractivity contribution >= 4 is 20.4 Å². The van der Waals surface area contributed by atoms with E-state index in [1.807, 2.05) is 0 Å². The molecule has 0 aromatic heterocycles. The molecule has 0 aliphatic heterocycles. The minimum atomic E-state index is -3.97. The zero-order valence-corrected chi connectivity index (χ0v) is 10.6. The number of hydrogen-bond donors (Lipinski definition) is 3. The summed E-state index contributed by atoms with van der Waals surface area (Å²) in [6.45, 7) is 0. The van der Waals surface area contributed by atoms with Crippen LogP contribution in [-0.4, -0.2) is 38.2 Å². The van der Waals surface area contributed by atoms with Crippen LogP contribution in [0.2, 0.25) is 0 Å². The lowest BCUT2D eigenvalue weighted by molar-refractivity contribution is 0.389. The molecule has 0 bridgehead atoms. The monoisotopic (exact) mass is 275 g/mol. The Balaban J connectivity index is 0.000000385. The second-order valence-corrected chi connectivity index (χ2v) is 6.31. The highest BCUT2D eigenvalue weighted by Crippen LogP contribution is 2.17. The van der Waals surface area contributed by atoms with E-state index in [0.29, 0.717) is 6.26 Å². The summed E-state index contributed by atoms with van der Waals surface area (Å²) >= 11 is 0. The number of hydrogen-bond acceptors (Lipinski definition) is 4. The number of nitrogens with one attached hydrogen (secondary N) is 1. The van der Waals surface area contributed by atoms with Gasteiger partial charge in [0.25, 0.3) is 10.1 Å². The summed E-state index contributed by atoms with van der Waals surface area (Å²) < 4.78 is 57.2. The second-order valence-electron chi connectivity index (χ2n) is 3.66. The molecule has 0 saturated heterocycles. The third-order valence-electron chi connectivity index (χ3n) is 1.92. The van der Waals surface area contributed by atoms with E-state index in [9.17, 15) is 16.8 Å². The lowest BCUT2D eigenvalue weighted by Gasteiger charge is -2.20. The molecular formula is C7H17NO6S2. The van der Waals surface area contributed by atoms with Crippen molar-refractivity contribution in [2.45, 2.75) is 38.1 Å². The lowest BCUT2D eigenvalue weighted by Crippen LogP contribution is -2.35. The van der Waals surface area contributed by atoms with Crippen molar-refractivity contribution in [3.05, 3.63) is 0 Å². The highest BCUT2D eigenvalue weighted by molar-refractivity contribution is 7.85. The van der Waals surface area contributed by atoms with Gasteiger partial charge in [0, 0.05) is 6.04 Å². The first-order valence-corrected chi connectivity index (χ1v) is 8.04. The van der Waals surface area contributed by atoms with Crippen molar-refractivity contribution < 1.29 is 25.9 Å². The van der Waals surface area contributed by atoms with E-state index >= 15 is 0 Å². The molecule has 0 aromatic rings. The molecule has 1 aliphatic rings. The highest BCUT2D eigenvalue weighted by atomic mass is 32.2. The van der Waals surface area contributed by atoms with E-state index in [-0.39, 0.29) is 6.04 Å². The van der Waals surface area contributed by atoms with Crippen molar-refractivity contribution in [3.8, 4) is 0 Å². The molecule has 1 fully saturated rings. The van der Waals surface area contributed by atoms with Gasteiger partial charge in [-0.2, -0.15) is 21.6 Å². The van der Waals surface area contributed by atoms with Gasteiger partial charge in [-0.05, 0) is 12.8 Å². The maximum atomic E-state index is 10.3. The molecule has 0 aromatic carbocycles. The van der Waals surface area contributed by atoms with Crippen LogP contribution in [-0.2, 0) is 20.4 Å². The molecule has 98 valence electrons. The first-order valence-electron chi connectivity index (χ1n) is 4.75. The molecule has 3 N–H and O–H groups in total. The van der Waals surface area contributed by atoms with E-state index in [2.05, 4.69) is 4.72 Å². The molecule has 0 amide bonds. The summed E-state index contributed by atoms with van der Waals surface area (Å²) in [4.78, 5) is 0. The Bertz CT molecular complexity index is 373. The smallest absolute Gasteiger partial charge is 0.286 e. The predicted octanol–water partition coefficient (Wildman–Crippen LogP) is 0.216. The van der Waals surface area contributed by atoms with E-state index in [1.165, 1.54) is 6.42 Å².